The quantitative estimate of drug-likeness (QED) is 0.816. The summed E-state index contributed by atoms with van der Waals surface area (Å²) in [5, 5.41) is 8.87. The summed E-state index contributed by atoms with van der Waals surface area (Å²) >= 11 is 0. The third-order valence-electron chi connectivity index (χ3n) is 1.94. The average molecular weight is 293 g/mol. The number of benzene rings is 1. The first kappa shape index (κ1) is 14.5. The first-order valence-electron chi connectivity index (χ1n) is 4.56. The van der Waals surface area contributed by atoms with Crippen molar-refractivity contribution < 1.29 is 26.7 Å². The number of anilines is 1. The van der Waals surface area contributed by atoms with Gasteiger partial charge in [0.1, 0.15) is 0 Å². The summed E-state index contributed by atoms with van der Waals surface area (Å²) in [5.74, 6) is -1.36. The Labute approximate surface area is 104 Å². The van der Waals surface area contributed by atoms with Gasteiger partial charge in [0.15, 0.2) is 9.84 Å². The molecule has 7 nitrogen and oxygen atoms in total. The number of sulfonamides is 1. The minimum atomic E-state index is -3.70. The standard InChI is InChI=1S/C9H11NO6S2/c1-17(13,14)6-3-4-7(9(11)12)8(5-6)10-18(2,15)16/h3-5,10H,1-2H3,(H,11,12). The van der Waals surface area contributed by atoms with Crippen molar-refractivity contribution in [1.82, 2.24) is 0 Å². The molecule has 1 aromatic carbocycles. The van der Waals surface area contributed by atoms with Gasteiger partial charge in [-0.2, -0.15) is 0 Å². The van der Waals surface area contributed by atoms with Crippen molar-refractivity contribution >= 4 is 31.5 Å². The Morgan fingerprint density at radius 1 is 1.17 bits per heavy atom. The molecule has 100 valence electrons. The van der Waals surface area contributed by atoms with Crippen LogP contribution in [-0.4, -0.2) is 40.4 Å². The Morgan fingerprint density at radius 3 is 2.11 bits per heavy atom. The Kier molecular flexibility index (Phi) is 3.67. The van der Waals surface area contributed by atoms with E-state index in [4.69, 9.17) is 5.11 Å². The summed E-state index contributed by atoms with van der Waals surface area (Å²) in [6, 6.07) is 3.11. The van der Waals surface area contributed by atoms with E-state index in [0.29, 0.717) is 0 Å². The van der Waals surface area contributed by atoms with Crippen molar-refractivity contribution in [2.45, 2.75) is 4.90 Å². The van der Waals surface area contributed by atoms with Crippen LogP contribution in [0.3, 0.4) is 0 Å². The maximum absolute atomic E-state index is 11.3. The second-order valence-electron chi connectivity index (χ2n) is 3.66. The molecule has 0 aliphatic carbocycles. The number of carbonyl (C=O) groups is 1. The van der Waals surface area contributed by atoms with E-state index in [1.807, 2.05) is 4.72 Å². The number of sulfone groups is 1. The van der Waals surface area contributed by atoms with Crippen LogP contribution in [0.4, 0.5) is 5.69 Å². The number of hydrogen-bond donors (Lipinski definition) is 2. The molecule has 0 heterocycles. The summed E-state index contributed by atoms with van der Waals surface area (Å²) in [4.78, 5) is 10.7. The van der Waals surface area contributed by atoms with E-state index in [-0.39, 0.29) is 16.1 Å². The van der Waals surface area contributed by atoms with Crippen molar-refractivity contribution in [1.29, 1.82) is 0 Å². The molecule has 0 radical (unpaired) electrons. The molecular weight excluding hydrogens is 282 g/mol. The molecule has 1 rings (SSSR count). The Bertz CT molecular complexity index is 690. The second kappa shape index (κ2) is 4.58. The number of carboxylic acid groups (broad SMARTS) is 1. The third-order valence-corrected chi connectivity index (χ3v) is 3.65. The normalized spacial score (nSPS) is 12.1. The predicted molar refractivity (Wildman–Crippen MR) is 65.0 cm³/mol. The molecule has 0 aromatic heterocycles. The fraction of sp³-hybridized carbons (Fsp3) is 0.222. The summed E-state index contributed by atoms with van der Waals surface area (Å²) in [7, 11) is -7.25. The minimum absolute atomic E-state index is 0.168. The van der Waals surface area contributed by atoms with Crippen molar-refractivity contribution in [2.24, 2.45) is 0 Å². The van der Waals surface area contributed by atoms with E-state index in [1.54, 1.807) is 0 Å². The zero-order valence-corrected chi connectivity index (χ0v) is 11.2. The van der Waals surface area contributed by atoms with Crippen molar-refractivity contribution in [3.63, 3.8) is 0 Å². The van der Waals surface area contributed by atoms with E-state index in [9.17, 15) is 21.6 Å². The van der Waals surface area contributed by atoms with Gasteiger partial charge in [0.05, 0.1) is 22.4 Å². The molecule has 9 heteroatoms. The SMILES string of the molecule is CS(=O)(=O)Nc1cc(S(C)(=O)=O)ccc1C(=O)O. The molecule has 18 heavy (non-hydrogen) atoms. The fourth-order valence-corrected chi connectivity index (χ4v) is 2.44. The molecular formula is C9H11NO6S2. The molecule has 0 atom stereocenters. The van der Waals surface area contributed by atoms with Gasteiger partial charge >= 0.3 is 5.97 Å². The van der Waals surface area contributed by atoms with Crippen LogP contribution in [0, 0.1) is 0 Å². The smallest absolute Gasteiger partial charge is 0.337 e. The summed E-state index contributed by atoms with van der Waals surface area (Å²) in [5.41, 5.74) is -0.610. The summed E-state index contributed by atoms with van der Waals surface area (Å²) in [6.45, 7) is 0. The van der Waals surface area contributed by atoms with Gasteiger partial charge in [0.2, 0.25) is 10.0 Å². The Hall–Kier alpha value is -1.61. The zero-order chi connectivity index (χ0) is 14.1. The van der Waals surface area contributed by atoms with Crippen LogP contribution in [-0.2, 0) is 19.9 Å². The lowest BCUT2D eigenvalue weighted by Crippen LogP contribution is -2.14. The maximum Gasteiger partial charge on any atom is 0.337 e. The first-order valence-corrected chi connectivity index (χ1v) is 8.34. The molecule has 2 N–H and O–H groups in total. The van der Waals surface area contributed by atoms with E-state index in [2.05, 4.69) is 0 Å². The molecule has 0 spiro atoms. The monoisotopic (exact) mass is 293 g/mol. The lowest BCUT2D eigenvalue weighted by atomic mass is 10.2. The van der Waals surface area contributed by atoms with Crippen LogP contribution >= 0.6 is 0 Å². The van der Waals surface area contributed by atoms with Crippen molar-refractivity contribution in [3.8, 4) is 0 Å². The fourth-order valence-electron chi connectivity index (χ4n) is 1.22. The van der Waals surface area contributed by atoms with Gasteiger partial charge < -0.3 is 5.11 Å². The highest BCUT2D eigenvalue weighted by atomic mass is 32.2. The van der Waals surface area contributed by atoms with Crippen LogP contribution in [0.1, 0.15) is 10.4 Å². The van der Waals surface area contributed by atoms with E-state index in [1.165, 1.54) is 0 Å². The van der Waals surface area contributed by atoms with Crippen LogP contribution in [0.2, 0.25) is 0 Å². The molecule has 0 amide bonds. The molecule has 1 aromatic rings. The van der Waals surface area contributed by atoms with Gasteiger partial charge in [0.25, 0.3) is 0 Å². The third kappa shape index (κ3) is 3.70. The number of hydrogen-bond acceptors (Lipinski definition) is 5. The molecule has 0 bridgehead atoms. The molecule has 0 aliphatic heterocycles. The van der Waals surface area contributed by atoms with E-state index < -0.39 is 25.8 Å². The van der Waals surface area contributed by atoms with Gasteiger partial charge in [-0.15, -0.1) is 0 Å². The van der Waals surface area contributed by atoms with Crippen LogP contribution < -0.4 is 4.72 Å². The summed E-state index contributed by atoms with van der Waals surface area (Å²) < 4.78 is 46.8. The Balaban J connectivity index is 3.47. The van der Waals surface area contributed by atoms with E-state index >= 15 is 0 Å². The first-order chi connectivity index (χ1) is 8.00. The molecule has 0 saturated carbocycles. The van der Waals surface area contributed by atoms with Gasteiger partial charge in [0, 0.05) is 6.26 Å². The predicted octanol–water partition coefficient (Wildman–Crippen LogP) is 0.160. The second-order valence-corrected chi connectivity index (χ2v) is 7.42. The zero-order valence-electron chi connectivity index (χ0n) is 9.54. The average Bonchev–Trinajstić information content (AvgIpc) is 2.12. The molecule has 0 aliphatic rings. The van der Waals surface area contributed by atoms with Crippen LogP contribution in [0.25, 0.3) is 0 Å². The molecule has 0 unspecified atom stereocenters. The van der Waals surface area contributed by atoms with Gasteiger partial charge in [-0.1, -0.05) is 0 Å². The molecule has 0 saturated heterocycles. The largest absolute Gasteiger partial charge is 0.478 e. The number of carboxylic acids is 1. The van der Waals surface area contributed by atoms with Gasteiger partial charge in [-0.05, 0) is 18.2 Å². The number of nitrogens with one attached hydrogen (secondary N) is 1. The highest BCUT2D eigenvalue weighted by Crippen LogP contribution is 2.21. The topological polar surface area (TPSA) is 118 Å². The van der Waals surface area contributed by atoms with Gasteiger partial charge in [-0.3, -0.25) is 4.72 Å². The molecule has 0 fully saturated rings. The van der Waals surface area contributed by atoms with Crippen LogP contribution in [0.5, 0.6) is 0 Å². The lowest BCUT2D eigenvalue weighted by molar-refractivity contribution is 0.0698. The van der Waals surface area contributed by atoms with Gasteiger partial charge in [-0.25, -0.2) is 21.6 Å². The van der Waals surface area contributed by atoms with Crippen molar-refractivity contribution in [2.75, 3.05) is 17.2 Å². The highest BCUT2D eigenvalue weighted by Gasteiger charge is 2.17. The number of rotatable bonds is 4. The Morgan fingerprint density at radius 2 is 1.72 bits per heavy atom. The summed E-state index contributed by atoms with van der Waals surface area (Å²) in [6.07, 6.45) is 1.78. The maximum atomic E-state index is 11.3. The van der Waals surface area contributed by atoms with Crippen molar-refractivity contribution in [3.05, 3.63) is 23.8 Å². The number of aromatic carboxylic acids is 1. The highest BCUT2D eigenvalue weighted by molar-refractivity contribution is 7.92. The van der Waals surface area contributed by atoms with E-state index in [0.717, 1.165) is 30.7 Å². The lowest BCUT2D eigenvalue weighted by Gasteiger charge is -2.09. The minimum Gasteiger partial charge on any atom is -0.478 e. The van der Waals surface area contributed by atoms with Crippen LogP contribution in [0.15, 0.2) is 23.1 Å².